The number of carbonyl (C=O) groups is 3. The molecule has 0 aromatic heterocycles. The summed E-state index contributed by atoms with van der Waals surface area (Å²) in [7, 11) is 0. The molecule has 3 rings (SSSR count). The van der Waals surface area contributed by atoms with Crippen LogP contribution in [0.2, 0.25) is 0 Å². The van der Waals surface area contributed by atoms with Crippen molar-refractivity contribution in [3.8, 4) is 11.5 Å². The van der Waals surface area contributed by atoms with Crippen LogP contribution in [-0.4, -0.2) is 42.3 Å². The molecular weight excluding hydrogens is 328 g/mol. The third-order valence-electron chi connectivity index (χ3n) is 4.49. The Morgan fingerprint density at radius 2 is 1.80 bits per heavy atom. The predicted molar refractivity (Wildman–Crippen MR) is 86.4 cm³/mol. The van der Waals surface area contributed by atoms with Gasteiger partial charge in [-0.2, -0.15) is 0 Å². The quantitative estimate of drug-likeness (QED) is 0.729. The van der Waals surface area contributed by atoms with Crippen molar-refractivity contribution in [2.45, 2.75) is 31.7 Å². The van der Waals surface area contributed by atoms with Gasteiger partial charge in [-0.1, -0.05) is 0 Å². The molecule has 25 heavy (non-hydrogen) atoms. The number of aliphatic carboxylic acids is 1. The molecule has 0 spiro atoms. The molecule has 1 fully saturated rings. The van der Waals surface area contributed by atoms with E-state index in [9.17, 15) is 14.4 Å². The molecule has 1 aromatic carbocycles. The number of fused-ring (bicyclic) bond motifs is 1. The van der Waals surface area contributed by atoms with Crippen molar-refractivity contribution in [2.24, 2.45) is 5.92 Å². The molecule has 0 unspecified atom stereocenters. The molecule has 134 valence electrons. The van der Waals surface area contributed by atoms with Gasteiger partial charge in [0, 0.05) is 11.6 Å². The molecule has 1 aliphatic carbocycles. The van der Waals surface area contributed by atoms with Gasteiger partial charge in [0.15, 0.2) is 11.5 Å². The number of hydrogen-bond donors (Lipinski definition) is 3. The van der Waals surface area contributed by atoms with E-state index in [0.717, 1.165) is 0 Å². The highest BCUT2D eigenvalue weighted by molar-refractivity contribution is 5.97. The van der Waals surface area contributed by atoms with Gasteiger partial charge in [-0.05, 0) is 43.9 Å². The van der Waals surface area contributed by atoms with Crippen molar-refractivity contribution >= 4 is 17.8 Å². The molecule has 1 heterocycles. The fraction of sp³-hybridized carbons (Fsp3) is 0.471. The third-order valence-corrected chi connectivity index (χ3v) is 4.49. The molecular formula is C17H20N2O6. The van der Waals surface area contributed by atoms with E-state index in [0.29, 0.717) is 42.7 Å². The summed E-state index contributed by atoms with van der Waals surface area (Å²) in [5.41, 5.74) is 0.388. The molecule has 1 aliphatic heterocycles. The fourth-order valence-corrected chi connectivity index (χ4v) is 3.06. The Labute approximate surface area is 144 Å². The lowest BCUT2D eigenvalue weighted by atomic mass is 9.86. The first-order chi connectivity index (χ1) is 12.0. The van der Waals surface area contributed by atoms with Crippen molar-refractivity contribution in [2.75, 3.05) is 13.3 Å². The van der Waals surface area contributed by atoms with Crippen LogP contribution in [0, 0.1) is 5.92 Å². The van der Waals surface area contributed by atoms with Crippen LogP contribution in [-0.2, 0) is 9.59 Å². The number of carboxylic acids is 1. The zero-order chi connectivity index (χ0) is 17.8. The second-order valence-electron chi connectivity index (χ2n) is 6.21. The van der Waals surface area contributed by atoms with Crippen molar-refractivity contribution in [1.29, 1.82) is 0 Å². The topological polar surface area (TPSA) is 114 Å². The summed E-state index contributed by atoms with van der Waals surface area (Å²) in [6.07, 6.45) is 2.39. The van der Waals surface area contributed by atoms with E-state index in [2.05, 4.69) is 10.6 Å². The first-order valence-electron chi connectivity index (χ1n) is 8.23. The standard InChI is InChI=1S/C17H20N2O6/c20-15(19-12-4-1-10(2-5-12)17(22)23)8-18-16(21)11-3-6-13-14(7-11)25-9-24-13/h3,6-7,10,12H,1-2,4-5,8-9H2,(H,18,21)(H,19,20)(H,22,23). The number of amides is 2. The van der Waals surface area contributed by atoms with E-state index in [1.165, 1.54) is 0 Å². The molecule has 0 radical (unpaired) electrons. The Hall–Kier alpha value is -2.77. The van der Waals surface area contributed by atoms with E-state index < -0.39 is 5.97 Å². The molecule has 1 aromatic rings. The summed E-state index contributed by atoms with van der Waals surface area (Å²) < 4.78 is 10.4. The van der Waals surface area contributed by atoms with Crippen LogP contribution in [0.1, 0.15) is 36.0 Å². The monoisotopic (exact) mass is 348 g/mol. The van der Waals surface area contributed by atoms with Gasteiger partial charge in [-0.15, -0.1) is 0 Å². The minimum atomic E-state index is -0.777. The average molecular weight is 348 g/mol. The first kappa shape index (κ1) is 17.1. The summed E-state index contributed by atoms with van der Waals surface area (Å²) in [6.45, 7) is -0.000923. The zero-order valence-corrected chi connectivity index (χ0v) is 13.6. The highest BCUT2D eigenvalue weighted by Crippen LogP contribution is 2.32. The van der Waals surface area contributed by atoms with Crippen LogP contribution in [0.3, 0.4) is 0 Å². The Kier molecular flexibility index (Phi) is 5.06. The van der Waals surface area contributed by atoms with E-state index in [-0.39, 0.29) is 37.1 Å². The summed E-state index contributed by atoms with van der Waals surface area (Å²) in [5.74, 6) is -0.658. The normalized spacial score (nSPS) is 21.4. The highest BCUT2D eigenvalue weighted by atomic mass is 16.7. The SMILES string of the molecule is O=C(CNC(=O)c1ccc2c(c1)OCO2)NC1CCC(C(=O)O)CC1. The molecule has 1 saturated carbocycles. The number of ether oxygens (including phenoxy) is 2. The largest absolute Gasteiger partial charge is 0.481 e. The molecule has 2 aliphatic rings. The van der Waals surface area contributed by atoms with Crippen LogP contribution in [0.15, 0.2) is 18.2 Å². The van der Waals surface area contributed by atoms with Gasteiger partial charge in [0.2, 0.25) is 12.7 Å². The number of benzene rings is 1. The predicted octanol–water partition coefficient (Wildman–Crippen LogP) is 0.905. The molecule has 0 saturated heterocycles. The average Bonchev–Trinajstić information content (AvgIpc) is 3.07. The van der Waals surface area contributed by atoms with Crippen molar-refractivity contribution < 1.29 is 29.0 Å². The van der Waals surface area contributed by atoms with Gasteiger partial charge in [-0.25, -0.2) is 0 Å². The molecule has 8 nitrogen and oxygen atoms in total. The van der Waals surface area contributed by atoms with Gasteiger partial charge in [-0.3, -0.25) is 14.4 Å². The van der Waals surface area contributed by atoms with Crippen LogP contribution >= 0.6 is 0 Å². The smallest absolute Gasteiger partial charge is 0.306 e. The number of hydrogen-bond acceptors (Lipinski definition) is 5. The molecule has 2 amide bonds. The number of carboxylic acid groups (broad SMARTS) is 1. The molecule has 3 N–H and O–H groups in total. The summed E-state index contributed by atoms with van der Waals surface area (Å²) in [4.78, 5) is 35.0. The van der Waals surface area contributed by atoms with E-state index in [1.54, 1.807) is 18.2 Å². The minimum absolute atomic E-state index is 0.0365. The minimum Gasteiger partial charge on any atom is -0.481 e. The van der Waals surface area contributed by atoms with Gasteiger partial charge in [0.1, 0.15) is 0 Å². The summed E-state index contributed by atoms with van der Waals surface area (Å²) in [5, 5.41) is 14.4. The Balaban J connectivity index is 1.43. The maximum Gasteiger partial charge on any atom is 0.306 e. The van der Waals surface area contributed by atoms with Crippen molar-refractivity contribution in [3.63, 3.8) is 0 Å². The fourth-order valence-electron chi connectivity index (χ4n) is 3.06. The first-order valence-corrected chi connectivity index (χ1v) is 8.23. The Morgan fingerprint density at radius 1 is 1.08 bits per heavy atom. The summed E-state index contributed by atoms with van der Waals surface area (Å²) >= 11 is 0. The van der Waals surface area contributed by atoms with Crippen molar-refractivity contribution in [1.82, 2.24) is 10.6 Å². The van der Waals surface area contributed by atoms with Crippen molar-refractivity contribution in [3.05, 3.63) is 23.8 Å². The second-order valence-corrected chi connectivity index (χ2v) is 6.21. The van der Waals surface area contributed by atoms with E-state index >= 15 is 0 Å². The highest BCUT2D eigenvalue weighted by Gasteiger charge is 2.26. The Bertz CT molecular complexity index is 682. The maximum atomic E-state index is 12.1. The van der Waals surface area contributed by atoms with E-state index in [1.807, 2.05) is 0 Å². The van der Waals surface area contributed by atoms with Crippen LogP contribution in [0.25, 0.3) is 0 Å². The molecule has 8 heteroatoms. The Morgan fingerprint density at radius 3 is 2.52 bits per heavy atom. The van der Waals surface area contributed by atoms with Gasteiger partial charge in [0.05, 0.1) is 12.5 Å². The second kappa shape index (κ2) is 7.42. The zero-order valence-electron chi connectivity index (χ0n) is 13.6. The lowest BCUT2D eigenvalue weighted by molar-refractivity contribution is -0.142. The maximum absolute atomic E-state index is 12.1. The number of rotatable bonds is 5. The summed E-state index contributed by atoms with van der Waals surface area (Å²) in [6, 6.07) is 4.79. The van der Waals surface area contributed by atoms with Gasteiger partial charge < -0.3 is 25.2 Å². The van der Waals surface area contributed by atoms with Crippen LogP contribution in [0.5, 0.6) is 11.5 Å². The lowest BCUT2D eigenvalue weighted by Crippen LogP contribution is -2.43. The van der Waals surface area contributed by atoms with Crippen LogP contribution < -0.4 is 20.1 Å². The lowest BCUT2D eigenvalue weighted by Gasteiger charge is -2.26. The third kappa shape index (κ3) is 4.20. The molecule has 0 atom stereocenters. The number of nitrogens with one attached hydrogen (secondary N) is 2. The van der Waals surface area contributed by atoms with Crippen LogP contribution in [0.4, 0.5) is 0 Å². The molecule has 0 bridgehead atoms. The van der Waals surface area contributed by atoms with E-state index in [4.69, 9.17) is 14.6 Å². The number of carbonyl (C=O) groups excluding carboxylic acids is 2. The van der Waals surface area contributed by atoms with Gasteiger partial charge in [0.25, 0.3) is 5.91 Å². The van der Waals surface area contributed by atoms with Gasteiger partial charge >= 0.3 is 5.97 Å².